The molecule has 0 unspecified atom stereocenters. The van der Waals surface area contributed by atoms with Crippen LogP contribution < -0.4 is 5.32 Å². The highest BCUT2D eigenvalue weighted by atomic mass is 16.2. The van der Waals surface area contributed by atoms with E-state index in [4.69, 9.17) is 0 Å². The Hall–Kier alpha value is -2.96. The number of carbonyl (C=O) groups is 2. The lowest BCUT2D eigenvalue weighted by molar-refractivity contribution is -0.134. The summed E-state index contributed by atoms with van der Waals surface area (Å²) in [5.41, 5.74) is 2.36. The number of nitrogens with one attached hydrogen (secondary N) is 1. The third-order valence-corrected chi connectivity index (χ3v) is 3.88. The van der Waals surface area contributed by atoms with E-state index in [2.05, 4.69) is 15.5 Å². The predicted molar refractivity (Wildman–Crippen MR) is 90.5 cm³/mol. The first-order valence-electron chi connectivity index (χ1n) is 7.67. The minimum atomic E-state index is -0.879. The summed E-state index contributed by atoms with van der Waals surface area (Å²) in [6.07, 6.45) is 0. The third-order valence-electron chi connectivity index (χ3n) is 3.88. The van der Waals surface area contributed by atoms with Crippen molar-refractivity contribution in [3.8, 4) is 0 Å². The van der Waals surface area contributed by atoms with Crippen molar-refractivity contribution < 1.29 is 9.59 Å². The molecule has 7 nitrogen and oxygen atoms in total. The van der Waals surface area contributed by atoms with Crippen LogP contribution in [-0.2, 0) is 16.1 Å². The molecule has 1 aliphatic heterocycles. The van der Waals surface area contributed by atoms with Gasteiger partial charge >= 0.3 is 0 Å². The fraction of sp³-hybridized carbons (Fsp3) is 0.294. The number of hydrazone groups is 1. The van der Waals surface area contributed by atoms with Crippen molar-refractivity contribution >= 4 is 23.3 Å². The Morgan fingerprint density at radius 3 is 2.58 bits per heavy atom. The molecular weight excluding hydrogens is 306 g/mol. The molecule has 0 radical (unpaired) electrons. The summed E-state index contributed by atoms with van der Waals surface area (Å²) in [6, 6.07) is 11.6. The topological polar surface area (TPSA) is 79.6 Å². The summed E-state index contributed by atoms with van der Waals surface area (Å²) < 4.78 is 1.72. The monoisotopic (exact) mass is 325 g/mol. The molecule has 1 atom stereocenters. The van der Waals surface area contributed by atoms with E-state index >= 15 is 0 Å². The molecule has 0 bridgehead atoms. The summed E-state index contributed by atoms with van der Waals surface area (Å²) in [6.45, 7) is 4.08. The number of nitrogens with zero attached hydrogens (tertiary/aromatic N) is 4. The average molecular weight is 325 g/mol. The van der Waals surface area contributed by atoms with Crippen molar-refractivity contribution in [2.24, 2.45) is 11.0 Å². The lowest BCUT2D eigenvalue weighted by Gasteiger charge is -2.12. The van der Waals surface area contributed by atoms with E-state index in [-0.39, 0.29) is 11.8 Å². The van der Waals surface area contributed by atoms with Crippen LogP contribution in [0.25, 0.3) is 0 Å². The average Bonchev–Trinajstić information content (AvgIpc) is 2.99. The van der Waals surface area contributed by atoms with Crippen LogP contribution >= 0.6 is 0 Å². The second-order valence-electron chi connectivity index (χ2n) is 5.84. The molecular formula is C17H19N5O2. The van der Waals surface area contributed by atoms with Gasteiger partial charge in [0.2, 0.25) is 5.91 Å². The molecule has 0 saturated carbocycles. The number of hydrogen-bond donors (Lipinski definition) is 1. The van der Waals surface area contributed by atoms with Gasteiger partial charge in [-0.25, -0.2) is 9.69 Å². The Bertz CT molecular complexity index is 810. The molecule has 2 aromatic rings. The highest BCUT2D eigenvalue weighted by Crippen LogP contribution is 2.18. The first kappa shape index (κ1) is 15.9. The van der Waals surface area contributed by atoms with E-state index in [1.807, 2.05) is 37.3 Å². The van der Waals surface area contributed by atoms with Crippen molar-refractivity contribution in [2.75, 3.05) is 12.4 Å². The highest BCUT2D eigenvalue weighted by Gasteiger charge is 2.37. The number of amides is 2. The summed E-state index contributed by atoms with van der Waals surface area (Å²) in [4.78, 5) is 24.6. The number of hydrogen-bond acceptors (Lipinski definition) is 4. The Morgan fingerprint density at radius 2 is 1.96 bits per heavy atom. The molecule has 1 N–H and O–H groups in total. The zero-order valence-corrected chi connectivity index (χ0v) is 13.9. The number of aromatic nitrogens is 2. The van der Waals surface area contributed by atoms with E-state index in [1.165, 1.54) is 5.01 Å². The van der Waals surface area contributed by atoms with Gasteiger partial charge in [0.05, 0.1) is 18.0 Å². The molecule has 2 heterocycles. The van der Waals surface area contributed by atoms with E-state index in [0.717, 1.165) is 11.3 Å². The lowest BCUT2D eigenvalue weighted by atomic mass is 10.0. The van der Waals surface area contributed by atoms with E-state index in [9.17, 15) is 9.59 Å². The smallest absolute Gasteiger partial charge is 0.260 e. The number of aryl methyl sites for hydroxylation is 1. The molecule has 0 spiro atoms. The number of benzene rings is 1. The van der Waals surface area contributed by atoms with Gasteiger partial charge in [-0.3, -0.25) is 9.59 Å². The lowest BCUT2D eigenvalue weighted by Crippen LogP contribution is -2.35. The first-order chi connectivity index (χ1) is 11.5. The van der Waals surface area contributed by atoms with Gasteiger partial charge < -0.3 is 5.32 Å². The molecule has 124 valence electrons. The van der Waals surface area contributed by atoms with E-state index in [1.54, 1.807) is 24.7 Å². The van der Waals surface area contributed by atoms with Crippen LogP contribution in [0, 0.1) is 12.8 Å². The van der Waals surface area contributed by atoms with Gasteiger partial charge in [0.25, 0.3) is 5.91 Å². The maximum absolute atomic E-state index is 12.5. The third kappa shape index (κ3) is 3.05. The molecule has 0 aliphatic carbocycles. The van der Waals surface area contributed by atoms with Crippen molar-refractivity contribution in [1.82, 2.24) is 14.8 Å². The zero-order chi connectivity index (χ0) is 17.3. The highest BCUT2D eigenvalue weighted by molar-refractivity contribution is 6.24. The van der Waals surface area contributed by atoms with Crippen LogP contribution in [0.2, 0.25) is 0 Å². The second-order valence-corrected chi connectivity index (χ2v) is 5.84. The largest absolute Gasteiger partial charge is 0.310 e. The molecule has 1 aromatic heterocycles. The van der Waals surface area contributed by atoms with Crippen molar-refractivity contribution in [2.45, 2.75) is 20.4 Å². The van der Waals surface area contributed by atoms with Crippen LogP contribution in [0.15, 0.2) is 41.5 Å². The number of rotatable bonds is 4. The molecule has 0 fully saturated rings. The maximum Gasteiger partial charge on any atom is 0.260 e. The fourth-order valence-electron chi connectivity index (χ4n) is 2.73. The van der Waals surface area contributed by atoms with Gasteiger partial charge in [-0.05, 0) is 19.4 Å². The van der Waals surface area contributed by atoms with Crippen LogP contribution in [0.5, 0.6) is 0 Å². The van der Waals surface area contributed by atoms with Crippen LogP contribution in [-0.4, -0.2) is 39.4 Å². The van der Waals surface area contributed by atoms with Crippen molar-refractivity contribution in [3.63, 3.8) is 0 Å². The number of anilines is 1. The maximum atomic E-state index is 12.5. The summed E-state index contributed by atoms with van der Waals surface area (Å²) >= 11 is 0. The Morgan fingerprint density at radius 1 is 1.25 bits per heavy atom. The van der Waals surface area contributed by atoms with Gasteiger partial charge in [0.1, 0.15) is 5.82 Å². The summed E-state index contributed by atoms with van der Waals surface area (Å²) in [5.74, 6) is -1.03. The van der Waals surface area contributed by atoms with E-state index < -0.39 is 5.92 Å². The molecule has 24 heavy (non-hydrogen) atoms. The normalized spacial score (nSPS) is 17.1. The van der Waals surface area contributed by atoms with Crippen LogP contribution in [0.3, 0.4) is 0 Å². The van der Waals surface area contributed by atoms with Gasteiger partial charge in [-0.2, -0.15) is 10.2 Å². The molecule has 1 aromatic carbocycles. The Balaban J connectivity index is 1.79. The first-order valence-corrected chi connectivity index (χ1v) is 7.67. The zero-order valence-electron chi connectivity index (χ0n) is 13.9. The SMILES string of the molecule is CC1=NN(C)C(=O)[C@H]1C(=O)Nc1cc(C)nn1Cc1ccccc1. The predicted octanol–water partition coefficient (Wildman–Crippen LogP) is 1.64. The minimum absolute atomic E-state index is 0.323. The van der Waals surface area contributed by atoms with Crippen LogP contribution in [0.4, 0.5) is 5.82 Å². The summed E-state index contributed by atoms with van der Waals surface area (Å²) in [7, 11) is 1.54. The fourth-order valence-corrected chi connectivity index (χ4v) is 2.73. The standard InChI is InChI=1S/C17H19N5O2/c1-11-9-14(22(19-11)10-13-7-5-4-6-8-13)18-16(23)15-12(2)20-21(3)17(15)24/h4-9,15H,10H2,1-3H3,(H,18,23)/t15-/m1/s1. The Kier molecular flexibility index (Phi) is 4.16. The van der Waals surface area contributed by atoms with Gasteiger partial charge in [0, 0.05) is 13.1 Å². The van der Waals surface area contributed by atoms with Gasteiger partial charge in [-0.15, -0.1) is 0 Å². The van der Waals surface area contributed by atoms with Gasteiger partial charge in [0.15, 0.2) is 5.92 Å². The Labute approximate surface area is 140 Å². The number of carbonyl (C=O) groups excluding carboxylic acids is 2. The molecule has 0 saturated heterocycles. The second kappa shape index (κ2) is 6.27. The molecule has 7 heteroatoms. The quantitative estimate of drug-likeness (QED) is 0.868. The molecule has 1 aliphatic rings. The van der Waals surface area contributed by atoms with E-state index in [0.29, 0.717) is 18.1 Å². The summed E-state index contributed by atoms with van der Waals surface area (Å²) in [5, 5.41) is 12.5. The minimum Gasteiger partial charge on any atom is -0.310 e. The van der Waals surface area contributed by atoms with Crippen LogP contribution in [0.1, 0.15) is 18.2 Å². The van der Waals surface area contributed by atoms with Crippen molar-refractivity contribution in [3.05, 3.63) is 47.7 Å². The van der Waals surface area contributed by atoms with Crippen molar-refractivity contribution in [1.29, 1.82) is 0 Å². The molecule has 3 rings (SSSR count). The van der Waals surface area contributed by atoms with Gasteiger partial charge in [-0.1, -0.05) is 30.3 Å². The molecule has 2 amide bonds.